The fourth-order valence-corrected chi connectivity index (χ4v) is 5.41. The summed E-state index contributed by atoms with van der Waals surface area (Å²) in [7, 11) is -2.59. The van der Waals surface area contributed by atoms with E-state index >= 15 is 0 Å². The smallest absolute Gasteiger partial charge is 0.243 e. The number of rotatable bonds is 9. The molecule has 0 aliphatic heterocycles. The lowest BCUT2D eigenvalue weighted by molar-refractivity contribution is -0.142. The lowest BCUT2D eigenvalue weighted by Gasteiger charge is -2.34. The molecule has 1 unspecified atom stereocenters. The standard InChI is InChI=1S/C28H34ClN3O4S/c1-6-25(27(34)30-28(2,3)4)32(18-22-13-9-10-14-24(22)29)26(33)19-31(5)37(35,36)23-16-15-20-11-7-8-12-21(20)17-23/h7-17,25H,6,18-19H2,1-5H3,(H,30,34). The third-order valence-electron chi connectivity index (χ3n) is 5.97. The Morgan fingerprint density at radius 3 is 2.22 bits per heavy atom. The van der Waals surface area contributed by atoms with Crippen molar-refractivity contribution in [1.82, 2.24) is 14.5 Å². The molecule has 37 heavy (non-hydrogen) atoms. The molecule has 0 aliphatic rings. The average Bonchev–Trinajstić information content (AvgIpc) is 2.83. The number of hydrogen-bond acceptors (Lipinski definition) is 4. The number of sulfonamides is 1. The van der Waals surface area contributed by atoms with E-state index in [9.17, 15) is 18.0 Å². The molecule has 0 fully saturated rings. The minimum Gasteiger partial charge on any atom is -0.350 e. The monoisotopic (exact) mass is 543 g/mol. The third-order valence-corrected chi connectivity index (χ3v) is 8.14. The van der Waals surface area contributed by atoms with Crippen LogP contribution in [0.1, 0.15) is 39.7 Å². The van der Waals surface area contributed by atoms with Crippen LogP contribution < -0.4 is 5.32 Å². The maximum Gasteiger partial charge on any atom is 0.243 e. The molecule has 3 aromatic carbocycles. The maximum atomic E-state index is 13.6. The van der Waals surface area contributed by atoms with Crippen LogP contribution >= 0.6 is 11.6 Å². The van der Waals surface area contributed by atoms with Crippen molar-refractivity contribution in [3.63, 3.8) is 0 Å². The number of hydrogen-bond donors (Lipinski definition) is 1. The van der Waals surface area contributed by atoms with Crippen LogP contribution in [-0.2, 0) is 26.2 Å². The average molecular weight is 544 g/mol. The predicted octanol–water partition coefficient (Wildman–Crippen LogP) is 4.84. The Bertz CT molecular complexity index is 1390. The fraction of sp³-hybridized carbons (Fsp3) is 0.357. The molecule has 3 aromatic rings. The molecule has 9 heteroatoms. The number of carbonyl (C=O) groups is 2. The molecular weight excluding hydrogens is 510 g/mol. The van der Waals surface area contributed by atoms with Crippen LogP contribution in [0.2, 0.25) is 5.02 Å². The van der Waals surface area contributed by atoms with Crippen molar-refractivity contribution in [2.45, 2.75) is 57.1 Å². The van der Waals surface area contributed by atoms with Gasteiger partial charge in [-0.1, -0.05) is 67.1 Å². The minimum absolute atomic E-state index is 0.0679. The van der Waals surface area contributed by atoms with Gasteiger partial charge in [0.15, 0.2) is 0 Å². The molecule has 0 aliphatic carbocycles. The molecule has 0 saturated carbocycles. The number of benzene rings is 3. The van der Waals surface area contributed by atoms with E-state index in [-0.39, 0.29) is 17.3 Å². The van der Waals surface area contributed by atoms with E-state index in [4.69, 9.17) is 11.6 Å². The van der Waals surface area contributed by atoms with Crippen molar-refractivity contribution in [2.75, 3.05) is 13.6 Å². The quantitative estimate of drug-likeness (QED) is 0.418. The van der Waals surface area contributed by atoms with E-state index in [1.54, 1.807) is 36.4 Å². The van der Waals surface area contributed by atoms with Crippen LogP contribution in [0.25, 0.3) is 10.8 Å². The van der Waals surface area contributed by atoms with Gasteiger partial charge < -0.3 is 10.2 Å². The zero-order chi connectivity index (χ0) is 27.4. The summed E-state index contributed by atoms with van der Waals surface area (Å²) >= 11 is 6.37. The predicted molar refractivity (Wildman–Crippen MR) is 148 cm³/mol. The summed E-state index contributed by atoms with van der Waals surface area (Å²) in [6.45, 7) is 7.04. The van der Waals surface area contributed by atoms with Gasteiger partial charge in [0.25, 0.3) is 0 Å². The van der Waals surface area contributed by atoms with Crippen LogP contribution in [-0.4, -0.2) is 54.6 Å². The largest absolute Gasteiger partial charge is 0.350 e. The fourth-order valence-electron chi connectivity index (χ4n) is 4.06. The van der Waals surface area contributed by atoms with Crippen molar-refractivity contribution < 1.29 is 18.0 Å². The van der Waals surface area contributed by atoms with Gasteiger partial charge in [0.05, 0.1) is 11.4 Å². The molecule has 198 valence electrons. The number of likely N-dealkylation sites (N-methyl/N-ethyl adjacent to an activating group) is 1. The molecule has 0 bridgehead atoms. The van der Waals surface area contributed by atoms with Gasteiger partial charge in [-0.2, -0.15) is 4.31 Å². The van der Waals surface area contributed by atoms with Crippen molar-refractivity contribution in [3.8, 4) is 0 Å². The highest BCUT2D eigenvalue weighted by molar-refractivity contribution is 7.89. The van der Waals surface area contributed by atoms with E-state index < -0.39 is 34.1 Å². The molecule has 7 nitrogen and oxygen atoms in total. The molecule has 0 spiro atoms. The molecule has 0 radical (unpaired) electrons. The van der Waals surface area contributed by atoms with Gasteiger partial charge in [0, 0.05) is 24.2 Å². The summed E-state index contributed by atoms with van der Waals surface area (Å²) in [5.41, 5.74) is 0.166. The summed E-state index contributed by atoms with van der Waals surface area (Å²) in [5, 5.41) is 5.10. The van der Waals surface area contributed by atoms with Gasteiger partial charge in [0.2, 0.25) is 21.8 Å². The van der Waals surface area contributed by atoms with Crippen LogP contribution in [0.5, 0.6) is 0 Å². The number of nitrogens with one attached hydrogen (secondary N) is 1. The SMILES string of the molecule is CCC(C(=O)NC(C)(C)C)N(Cc1ccccc1Cl)C(=O)CN(C)S(=O)(=O)c1ccc2ccccc2c1. The molecule has 0 heterocycles. The highest BCUT2D eigenvalue weighted by atomic mass is 35.5. The Kier molecular flexibility index (Phi) is 9.00. The molecule has 1 N–H and O–H groups in total. The summed E-state index contributed by atoms with van der Waals surface area (Å²) < 4.78 is 27.7. The van der Waals surface area contributed by atoms with Gasteiger partial charge in [-0.25, -0.2) is 8.42 Å². The molecule has 2 amide bonds. The van der Waals surface area contributed by atoms with E-state index in [0.717, 1.165) is 15.1 Å². The van der Waals surface area contributed by atoms with E-state index in [1.165, 1.54) is 18.0 Å². The maximum absolute atomic E-state index is 13.6. The van der Waals surface area contributed by atoms with Gasteiger partial charge in [-0.15, -0.1) is 0 Å². The van der Waals surface area contributed by atoms with E-state index in [2.05, 4.69) is 5.32 Å². The zero-order valence-electron chi connectivity index (χ0n) is 21.9. The molecule has 0 aromatic heterocycles. The van der Waals surface area contributed by atoms with Crippen molar-refractivity contribution in [1.29, 1.82) is 0 Å². The Balaban J connectivity index is 1.91. The lowest BCUT2D eigenvalue weighted by Crippen LogP contribution is -2.55. The summed E-state index contributed by atoms with van der Waals surface area (Å²) in [4.78, 5) is 28.3. The Hall–Kier alpha value is -2.94. The highest BCUT2D eigenvalue weighted by Gasteiger charge is 2.33. The second-order valence-corrected chi connectivity index (χ2v) is 12.5. The summed E-state index contributed by atoms with van der Waals surface area (Å²) in [5.74, 6) is -0.807. The molecular formula is C28H34ClN3O4S. The van der Waals surface area contributed by atoms with E-state index in [1.807, 2.05) is 52.0 Å². The van der Waals surface area contributed by atoms with Gasteiger partial charge in [-0.3, -0.25) is 9.59 Å². The number of nitrogens with zero attached hydrogens (tertiary/aromatic N) is 2. The Labute approximate surface area is 224 Å². The molecule has 0 saturated heterocycles. The number of amides is 2. The Morgan fingerprint density at radius 2 is 1.59 bits per heavy atom. The van der Waals surface area contributed by atoms with Gasteiger partial charge in [0.1, 0.15) is 6.04 Å². The number of fused-ring (bicyclic) bond motifs is 1. The number of halogens is 1. The summed E-state index contributed by atoms with van der Waals surface area (Å²) in [6.07, 6.45) is 0.346. The lowest BCUT2D eigenvalue weighted by atomic mass is 10.1. The minimum atomic E-state index is -3.96. The van der Waals surface area contributed by atoms with Crippen molar-refractivity contribution in [2.24, 2.45) is 0 Å². The first-order valence-corrected chi connectivity index (χ1v) is 14.0. The topological polar surface area (TPSA) is 86.8 Å². The second-order valence-electron chi connectivity index (χ2n) is 10.0. The first-order chi connectivity index (χ1) is 17.3. The van der Waals surface area contributed by atoms with Gasteiger partial charge >= 0.3 is 0 Å². The molecule has 3 rings (SSSR count). The normalized spacial score (nSPS) is 12.9. The van der Waals surface area contributed by atoms with E-state index in [0.29, 0.717) is 17.0 Å². The number of carbonyl (C=O) groups excluding carboxylic acids is 2. The Morgan fingerprint density at radius 1 is 0.973 bits per heavy atom. The summed E-state index contributed by atoms with van der Waals surface area (Å²) in [6, 6.07) is 18.6. The highest BCUT2D eigenvalue weighted by Crippen LogP contribution is 2.23. The van der Waals surface area contributed by atoms with Crippen LogP contribution in [0.3, 0.4) is 0 Å². The zero-order valence-corrected chi connectivity index (χ0v) is 23.4. The van der Waals surface area contributed by atoms with Crippen LogP contribution in [0.4, 0.5) is 0 Å². The van der Waals surface area contributed by atoms with Gasteiger partial charge in [-0.05, 0) is 61.7 Å². The van der Waals surface area contributed by atoms with Crippen LogP contribution in [0.15, 0.2) is 71.6 Å². The van der Waals surface area contributed by atoms with Crippen LogP contribution in [0, 0.1) is 0 Å². The first-order valence-electron chi connectivity index (χ1n) is 12.1. The molecule has 1 atom stereocenters. The second kappa shape index (κ2) is 11.6. The first kappa shape index (κ1) is 28.6. The van der Waals surface area contributed by atoms with Crippen molar-refractivity contribution in [3.05, 3.63) is 77.3 Å². The third kappa shape index (κ3) is 7.09. The van der Waals surface area contributed by atoms with Crippen molar-refractivity contribution >= 4 is 44.2 Å².